The smallest absolute Gasteiger partial charge is 0.416 e. The fraction of sp³-hybridized carbons (Fsp3) is 0.250. The molecule has 0 aliphatic rings. The van der Waals surface area contributed by atoms with Crippen molar-refractivity contribution in [3.63, 3.8) is 0 Å². The lowest BCUT2D eigenvalue weighted by Crippen LogP contribution is -2.44. The highest BCUT2D eigenvalue weighted by molar-refractivity contribution is 5.86. The quantitative estimate of drug-likeness (QED) is 0.395. The van der Waals surface area contributed by atoms with Crippen molar-refractivity contribution in [3.05, 3.63) is 71.4 Å². The van der Waals surface area contributed by atoms with E-state index in [4.69, 9.17) is 10.5 Å². The minimum absolute atomic E-state index is 0. The number of nitrogens with two attached hydrogens (primary N) is 1. The molecule has 168 valence electrons. The Morgan fingerprint density at radius 3 is 2.26 bits per heavy atom. The molecule has 1 heterocycles. The van der Waals surface area contributed by atoms with Crippen LogP contribution in [0.3, 0.4) is 0 Å². The molecule has 3 N–H and O–H groups in total. The van der Waals surface area contributed by atoms with Gasteiger partial charge in [-0.15, -0.1) is 12.4 Å². The SMILES string of the molecule is Cl.NC(C(=O)OCc1ccccc1)C(c1c[nH]c2ccc(C(F)(F)F)cc12)C(F)(F)F. The molecule has 31 heavy (non-hydrogen) atoms. The minimum atomic E-state index is -5.01. The Morgan fingerprint density at radius 2 is 1.68 bits per heavy atom. The van der Waals surface area contributed by atoms with Crippen molar-refractivity contribution in [1.82, 2.24) is 4.98 Å². The van der Waals surface area contributed by atoms with Gasteiger partial charge in [-0.1, -0.05) is 30.3 Å². The van der Waals surface area contributed by atoms with Crippen molar-refractivity contribution in [3.8, 4) is 0 Å². The number of ether oxygens (including phenoxy) is 1. The monoisotopic (exact) mass is 466 g/mol. The standard InChI is InChI=1S/C20H16F6N2O2.ClH/c21-19(22,23)12-6-7-15-13(8-12)14(9-28-15)16(20(24,25)26)17(27)18(29)30-10-11-4-2-1-3-5-11;/h1-9,16-17,28H,10,27H2;1H. The van der Waals surface area contributed by atoms with Gasteiger partial charge in [-0.05, 0) is 29.3 Å². The Bertz CT molecular complexity index is 1030. The van der Waals surface area contributed by atoms with Crippen molar-refractivity contribution in [1.29, 1.82) is 0 Å². The Hall–Kier alpha value is -2.72. The predicted octanol–water partition coefficient (Wildman–Crippen LogP) is 5.33. The van der Waals surface area contributed by atoms with Gasteiger partial charge >= 0.3 is 18.3 Å². The van der Waals surface area contributed by atoms with E-state index in [9.17, 15) is 31.1 Å². The average molecular weight is 467 g/mol. The summed E-state index contributed by atoms with van der Waals surface area (Å²) < 4.78 is 85.3. The van der Waals surface area contributed by atoms with Gasteiger partial charge in [0.25, 0.3) is 0 Å². The van der Waals surface area contributed by atoms with E-state index in [0.29, 0.717) is 11.6 Å². The zero-order chi connectivity index (χ0) is 22.1. The molecule has 1 aromatic heterocycles. The summed E-state index contributed by atoms with van der Waals surface area (Å²) in [4.78, 5) is 14.7. The molecule has 0 fully saturated rings. The van der Waals surface area contributed by atoms with E-state index in [2.05, 4.69) is 4.98 Å². The number of nitrogens with one attached hydrogen (secondary N) is 1. The summed E-state index contributed by atoms with van der Waals surface area (Å²) in [5, 5.41) is -0.321. The molecule has 3 rings (SSSR count). The minimum Gasteiger partial charge on any atom is -0.460 e. The molecule has 2 aromatic carbocycles. The number of hydrogen-bond acceptors (Lipinski definition) is 3. The van der Waals surface area contributed by atoms with Crippen LogP contribution in [0.5, 0.6) is 0 Å². The third-order valence-corrected chi connectivity index (χ3v) is 4.58. The second-order valence-corrected chi connectivity index (χ2v) is 6.64. The molecule has 0 saturated carbocycles. The Labute approximate surface area is 178 Å². The summed E-state index contributed by atoms with van der Waals surface area (Å²) in [7, 11) is 0. The molecule has 0 radical (unpaired) electrons. The molecule has 4 nitrogen and oxygen atoms in total. The lowest BCUT2D eigenvalue weighted by molar-refractivity contribution is -0.170. The van der Waals surface area contributed by atoms with Crippen LogP contribution in [-0.2, 0) is 22.3 Å². The fourth-order valence-corrected chi connectivity index (χ4v) is 3.11. The van der Waals surface area contributed by atoms with Crippen LogP contribution in [0, 0.1) is 0 Å². The summed E-state index contributed by atoms with van der Waals surface area (Å²) in [6.07, 6.45) is -8.84. The number of halogens is 7. The topological polar surface area (TPSA) is 68.1 Å². The molecule has 11 heteroatoms. The van der Waals surface area contributed by atoms with E-state index < -0.39 is 41.4 Å². The van der Waals surface area contributed by atoms with Crippen molar-refractivity contribution in [2.24, 2.45) is 5.73 Å². The van der Waals surface area contributed by atoms with E-state index in [1.54, 1.807) is 30.3 Å². The van der Waals surface area contributed by atoms with Crippen LogP contribution in [-0.4, -0.2) is 23.2 Å². The Morgan fingerprint density at radius 1 is 1.03 bits per heavy atom. The summed E-state index contributed by atoms with van der Waals surface area (Å²) in [6.45, 7) is -0.288. The van der Waals surface area contributed by atoms with E-state index in [-0.39, 0.29) is 29.9 Å². The number of alkyl halides is 6. The molecule has 0 saturated heterocycles. The van der Waals surface area contributed by atoms with Gasteiger partial charge < -0.3 is 15.5 Å². The lowest BCUT2D eigenvalue weighted by atomic mass is 9.90. The highest BCUT2D eigenvalue weighted by Crippen LogP contribution is 2.41. The number of aromatic amines is 1. The van der Waals surface area contributed by atoms with Crippen molar-refractivity contribution >= 4 is 29.3 Å². The zero-order valence-corrected chi connectivity index (χ0v) is 16.4. The molecule has 0 aliphatic carbocycles. The highest BCUT2D eigenvalue weighted by atomic mass is 35.5. The van der Waals surface area contributed by atoms with Gasteiger partial charge in [0.15, 0.2) is 0 Å². The van der Waals surface area contributed by atoms with Gasteiger partial charge in [0.1, 0.15) is 18.6 Å². The van der Waals surface area contributed by atoms with E-state index in [1.165, 1.54) is 0 Å². The number of carbonyl (C=O) groups is 1. The van der Waals surface area contributed by atoms with Crippen LogP contribution in [0.15, 0.2) is 54.7 Å². The summed E-state index contributed by atoms with van der Waals surface area (Å²) >= 11 is 0. The van der Waals surface area contributed by atoms with Gasteiger partial charge in [0, 0.05) is 17.1 Å². The first kappa shape index (κ1) is 24.5. The molecule has 2 atom stereocenters. The number of fused-ring (bicyclic) bond motifs is 1. The second kappa shape index (κ2) is 9.19. The second-order valence-electron chi connectivity index (χ2n) is 6.64. The van der Waals surface area contributed by atoms with Crippen molar-refractivity contribution < 1.29 is 35.9 Å². The van der Waals surface area contributed by atoms with Gasteiger partial charge in [-0.25, -0.2) is 0 Å². The number of hydrogen-bond donors (Lipinski definition) is 2. The van der Waals surface area contributed by atoms with Crippen LogP contribution in [0.2, 0.25) is 0 Å². The highest BCUT2D eigenvalue weighted by Gasteiger charge is 2.49. The summed E-state index contributed by atoms with van der Waals surface area (Å²) in [6, 6.07) is 8.45. The fourth-order valence-electron chi connectivity index (χ4n) is 3.11. The van der Waals surface area contributed by atoms with Crippen LogP contribution in [0.4, 0.5) is 26.3 Å². The van der Waals surface area contributed by atoms with Gasteiger partial charge in [0.05, 0.1) is 5.56 Å². The number of carbonyl (C=O) groups excluding carboxylic acids is 1. The lowest BCUT2D eigenvalue weighted by Gasteiger charge is -2.25. The van der Waals surface area contributed by atoms with Crippen LogP contribution in [0.25, 0.3) is 10.9 Å². The Kier molecular flexibility index (Phi) is 7.28. The number of benzene rings is 2. The molecular formula is C20H17ClF6N2O2. The summed E-state index contributed by atoms with van der Waals surface area (Å²) in [5.41, 5.74) is 4.51. The van der Waals surface area contributed by atoms with Crippen LogP contribution in [0.1, 0.15) is 22.6 Å². The molecule has 0 aliphatic heterocycles. The molecule has 0 spiro atoms. The van der Waals surface area contributed by atoms with Crippen LogP contribution < -0.4 is 5.73 Å². The first-order valence-electron chi connectivity index (χ1n) is 8.69. The van der Waals surface area contributed by atoms with Gasteiger partial charge in [0.2, 0.25) is 0 Å². The third-order valence-electron chi connectivity index (χ3n) is 4.58. The molecule has 0 bridgehead atoms. The van der Waals surface area contributed by atoms with Crippen molar-refractivity contribution in [2.75, 3.05) is 0 Å². The van der Waals surface area contributed by atoms with Crippen molar-refractivity contribution in [2.45, 2.75) is 30.9 Å². The predicted molar refractivity (Wildman–Crippen MR) is 104 cm³/mol. The third kappa shape index (κ3) is 5.50. The first-order chi connectivity index (χ1) is 14.0. The van der Waals surface area contributed by atoms with Gasteiger partial charge in [-0.3, -0.25) is 4.79 Å². The number of H-pyrrole nitrogens is 1. The zero-order valence-electron chi connectivity index (χ0n) is 15.6. The maximum atomic E-state index is 13.8. The van der Waals surface area contributed by atoms with Crippen LogP contribution >= 0.6 is 12.4 Å². The number of aromatic nitrogens is 1. The van der Waals surface area contributed by atoms with E-state index in [0.717, 1.165) is 18.3 Å². The normalized spacial score (nSPS) is 14.0. The first-order valence-corrected chi connectivity index (χ1v) is 8.69. The largest absolute Gasteiger partial charge is 0.460 e. The molecule has 0 amide bonds. The molecular weight excluding hydrogens is 450 g/mol. The molecule has 2 unspecified atom stereocenters. The maximum absolute atomic E-state index is 13.8. The van der Waals surface area contributed by atoms with E-state index >= 15 is 0 Å². The van der Waals surface area contributed by atoms with E-state index in [1.807, 2.05) is 0 Å². The molecule has 3 aromatic rings. The Balaban J connectivity index is 0.00000341. The van der Waals surface area contributed by atoms with Gasteiger partial charge in [-0.2, -0.15) is 26.3 Å². The average Bonchev–Trinajstić information content (AvgIpc) is 3.08. The summed E-state index contributed by atoms with van der Waals surface area (Å²) in [5.74, 6) is -3.87. The number of rotatable bonds is 5. The maximum Gasteiger partial charge on any atom is 0.416 e. The number of esters is 1.